The van der Waals surface area contributed by atoms with Gasteiger partial charge in [-0.2, -0.15) is 0 Å². The molecule has 3 amide bonds. The van der Waals surface area contributed by atoms with Crippen molar-refractivity contribution in [3.63, 3.8) is 0 Å². The molecule has 1 aromatic rings. The Balaban J connectivity index is 1.50. The second-order valence-electron chi connectivity index (χ2n) is 7.08. The van der Waals surface area contributed by atoms with E-state index in [0.717, 1.165) is 34.4 Å². The first-order valence-electron chi connectivity index (χ1n) is 8.76. The molecule has 6 heteroatoms. The molecule has 134 valence electrons. The van der Waals surface area contributed by atoms with Crippen LogP contribution in [0.5, 0.6) is 0 Å². The maximum Gasteiger partial charge on any atom is 0.325 e. The number of amides is 3. The predicted molar refractivity (Wildman–Crippen MR) is 91.8 cm³/mol. The van der Waals surface area contributed by atoms with Gasteiger partial charge >= 0.3 is 12.0 Å². The summed E-state index contributed by atoms with van der Waals surface area (Å²) < 4.78 is 5.28. The van der Waals surface area contributed by atoms with Crippen molar-refractivity contribution in [2.24, 2.45) is 0 Å². The van der Waals surface area contributed by atoms with Gasteiger partial charge in [-0.1, -0.05) is 42.2 Å². The molecule has 0 radical (unpaired) electrons. The third-order valence-corrected chi connectivity index (χ3v) is 4.92. The fourth-order valence-electron chi connectivity index (χ4n) is 3.79. The average Bonchev–Trinajstić information content (AvgIpc) is 3.09. The van der Waals surface area contributed by atoms with Crippen LogP contribution in [0.4, 0.5) is 4.79 Å². The SMILES string of the molecule is Cc1cc(C)cc(COC(=O)CCN2C(=O)NC3(CCCC3)C2=O)c1. The van der Waals surface area contributed by atoms with Crippen LogP contribution >= 0.6 is 0 Å². The number of aryl methyl sites for hydroxylation is 2. The smallest absolute Gasteiger partial charge is 0.325 e. The highest BCUT2D eigenvalue weighted by Gasteiger charge is 2.52. The van der Waals surface area contributed by atoms with Crippen molar-refractivity contribution in [1.29, 1.82) is 0 Å². The van der Waals surface area contributed by atoms with Crippen molar-refractivity contribution in [1.82, 2.24) is 10.2 Å². The molecular formula is C19H24N2O4. The monoisotopic (exact) mass is 344 g/mol. The molecule has 0 bridgehead atoms. The number of ether oxygens (including phenoxy) is 1. The molecule has 1 aliphatic heterocycles. The molecule has 1 aromatic carbocycles. The Hall–Kier alpha value is -2.37. The number of esters is 1. The van der Waals surface area contributed by atoms with Crippen molar-refractivity contribution in [2.45, 2.75) is 58.1 Å². The van der Waals surface area contributed by atoms with Crippen LogP contribution in [0.1, 0.15) is 48.8 Å². The number of nitrogens with zero attached hydrogens (tertiary/aromatic N) is 1. The van der Waals surface area contributed by atoms with Crippen molar-refractivity contribution < 1.29 is 19.1 Å². The highest BCUT2D eigenvalue weighted by Crippen LogP contribution is 2.35. The van der Waals surface area contributed by atoms with E-state index in [2.05, 4.69) is 11.4 Å². The van der Waals surface area contributed by atoms with Crippen molar-refractivity contribution in [2.75, 3.05) is 6.54 Å². The average molecular weight is 344 g/mol. The molecule has 0 aromatic heterocycles. The van der Waals surface area contributed by atoms with Gasteiger partial charge in [-0.25, -0.2) is 4.79 Å². The lowest BCUT2D eigenvalue weighted by Gasteiger charge is -2.19. The Morgan fingerprint density at radius 1 is 1.16 bits per heavy atom. The van der Waals surface area contributed by atoms with Crippen molar-refractivity contribution in [3.05, 3.63) is 34.9 Å². The summed E-state index contributed by atoms with van der Waals surface area (Å²) in [6, 6.07) is 5.61. The Labute approximate surface area is 147 Å². The van der Waals surface area contributed by atoms with Gasteiger partial charge in [0.05, 0.1) is 6.42 Å². The van der Waals surface area contributed by atoms with Crippen molar-refractivity contribution >= 4 is 17.9 Å². The third kappa shape index (κ3) is 3.67. The second kappa shape index (κ2) is 6.86. The van der Waals surface area contributed by atoms with Crippen LogP contribution in [-0.2, 0) is 20.9 Å². The van der Waals surface area contributed by atoms with Crippen LogP contribution in [0, 0.1) is 13.8 Å². The van der Waals surface area contributed by atoms with Gasteiger partial charge in [0.1, 0.15) is 12.1 Å². The Kier molecular flexibility index (Phi) is 4.79. The maximum absolute atomic E-state index is 12.5. The van der Waals surface area contributed by atoms with Crippen molar-refractivity contribution in [3.8, 4) is 0 Å². The van der Waals surface area contributed by atoms with E-state index in [1.54, 1.807) is 0 Å². The van der Waals surface area contributed by atoms with Gasteiger partial charge in [0, 0.05) is 6.54 Å². The van der Waals surface area contributed by atoms with Crippen LogP contribution in [0.25, 0.3) is 0 Å². The highest BCUT2D eigenvalue weighted by molar-refractivity contribution is 6.07. The minimum atomic E-state index is -0.722. The zero-order chi connectivity index (χ0) is 18.0. The van der Waals surface area contributed by atoms with Crippen LogP contribution < -0.4 is 5.32 Å². The summed E-state index contributed by atoms with van der Waals surface area (Å²) in [5, 5.41) is 2.81. The van der Waals surface area contributed by atoms with E-state index in [1.807, 2.05) is 26.0 Å². The molecule has 1 aliphatic carbocycles. The first kappa shape index (κ1) is 17.5. The van der Waals surface area contributed by atoms with E-state index in [9.17, 15) is 14.4 Å². The summed E-state index contributed by atoms with van der Waals surface area (Å²) in [5.41, 5.74) is 2.45. The van der Waals surface area contributed by atoms with E-state index in [1.165, 1.54) is 0 Å². The number of rotatable bonds is 5. The van der Waals surface area contributed by atoms with Gasteiger partial charge in [0.15, 0.2) is 0 Å². The minimum absolute atomic E-state index is 0.0139. The fourth-order valence-corrected chi connectivity index (χ4v) is 3.79. The normalized spacial score (nSPS) is 18.7. The number of hydrogen-bond acceptors (Lipinski definition) is 4. The van der Waals surface area contributed by atoms with Crippen LogP contribution in [-0.4, -0.2) is 34.9 Å². The summed E-state index contributed by atoms with van der Waals surface area (Å²) in [7, 11) is 0. The van der Waals surface area contributed by atoms with Crippen LogP contribution in [0.3, 0.4) is 0 Å². The quantitative estimate of drug-likeness (QED) is 0.658. The first-order valence-corrected chi connectivity index (χ1v) is 8.76. The lowest BCUT2D eigenvalue weighted by atomic mass is 9.98. The number of hydrogen-bond donors (Lipinski definition) is 1. The van der Waals surface area contributed by atoms with Gasteiger partial charge in [0.25, 0.3) is 5.91 Å². The molecular weight excluding hydrogens is 320 g/mol. The number of urea groups is 1. The molecule has 1 spiro atoms. The minimum Gasteiger partial charge on any atom is -0.461 e. The zero-order valence-electron chi connectivity index (χ0n) is 14.8. The molecule has 1 saturated heterocycles. The van der Waals surface area contributed by atoms with E-state index >= 15 is 0 Å². The van der Waals surface area contributed by atoms with Crippen LogP contribution in [0.15, 0.2) is 18.2 Å². The molecule has 2 fully saturated rings. The lowest BCUT2D eigenvalue weighted by Crippen LogP contribution is -2.44. The van der Waals surface area contributed by atoms with E-state index in [0.29, 0.717) is 12.8 Å². The molecule has 1 heterocycles. The molecule has 6 nitrogen and oxygen atoms in total. The summed E-state index contributed by atoms with van der Waals surface area (Å²) >= 11 is 0. The first-order chi connectivity index (χ1) is 11.9. The van der Waals surface area contributed by atoms with Gasteiger partial charge in [-0.3, -0.25) is 14.5 Å². The summed E-state index contributed by atoms with van der Waals surface area (Å²) in [6.07, 6.45) is 3.27. The van der Waals surface area contributed by atoms with Gasteiger partial charge in [-0.05, 0) is 32.3 Å². The highest BCUT2D eigenvalue weighted by atomic mass is 16.5. The number of benzene rings is 1. The molecule has 25 heavy (non-hydrogen) atoms. The number of carbonyl (C=O) groups excluding carboxylic acids is 3. The number of nitrogens with one attached hydrogen (secondary N) is 1. The Morgan fingerprint density at radius 2 is 1.80 bits per heavy atom. The Morgan fingerprint density at radius 3 is 2.44 bits per heavy atom. The standard InChI is InChI=1S/C19H24N2O4/c1-13-9-14(2)11-15(10-13)12-25-16(22)5-8-21-17(23)19(20-18(21)24)6-3-4-7-19/h9-11H,3-8,12H2,1-2H3,(H,20,24). The molecule has 2 aliphatic rings. The summed E-state index contributed by atoms with van der Waals surface area (Å²) in [5.74, 6) is -0.607. The summed E-state index contributed by atoms with van der Waals surface area (Å²) in [4.78, 5) is 37.7. The fraction of sp³-hybridized carbons (Fsp3) is 0.526. The second-order valence-corrected chi connectivity index (χ2v) is 7.08. The maximum atomic E-state index is 12.5. The molecule has 3 rings (SSSR count). The topological polar surface area (TPSA) is 75.7 Å². The van der Waals surface area contributed by atoms with Gasteiger partial charge in [0.2, 0.25) is 0 Å². The molecule has 1 saturated carbocycles. The zero-order valence-corrected chi connectivity index (χ0v) is 14.8. The molecule has 0 atom stereocenters. The van der Waals surface area contributed by atoms with Gasteiger partial charge < -0.3 is 10.1 Å². The largest absolute Gasteiger partial charge is 0.461 e. The van der Waals surface area contributed by atoms with Gasteiger partial charge in [-0.15, -0.1) is 0 Å². The Bertz CT molecular complexity index is 687. The summed E-state index contributed by atoms with van der Waals surface area (Å²) in [6.45, 7) is 4.26. The van der Waals surface area contributed by atoms with Crippen LogP contribution in [0.2, 0.25) is 0 Å². The number of carbonyl (C=O) groups is 3. The third-order valence-electron chi connectivity index (χ3n) is 4.92. The molecule has 1 N–H and O–H groups in total. The molecule has 0 unspecified atom stereocenters. The predicted octanol–water partition coefficient (Wildman–Crippen LogP) is 2.60. The van der Waals surface area contributed by atoms with E-state index in [4.69, 9.17) is 4.74 Å². The van der Waals surface area contributed by atoms with E-state index in [-0.39, 0.29) is 25.5 Å². The van der Waals surface area contributed by atoms with E-state index < -0.39 is 17.5 Å². The number of imide groups is 1. The lowest BCUT2D eigenvalue weighted by molar-refractivity contribution is -0.145.